The molecule has 0 atom stereocenters. The van der Waals surface area contributed by atoms with Gasteiger partial charge in [-0.05, 0) is 55.3 Å². The number of benzene rings is 2. The summed E-state index contributed by atoms with van der Waals surface area (Å²) in [6.07, 6.45) is 0. The highest BCUT2D eigenvalue weighted by Crippen LogP contribution is 2.37. The second kappa shape index (κ2) is 6.52. The van der Waals surface area contributed by atoms with Gasteiger partial charge in [0.25, 0.3) is 0 Å². The van der Waals surface area contributed by atoms with E-state index < -0.39 is 9.84 Å². The molecule has 0 saturated carbocycles. The van der Waals surface area contributed by atoms with Crippen LogP contribution < -0.4 is 10.1 Å². The normalized spacial score (nSPS) is 11.2. The number of amides is 1. The molecule has 2 aromatic rings. The molecule has 0 aromatic heterocycles. The van der Waals surface area contributed by atoms with Crippen LogP contribution in [-0.2, 0) is 14.6 Å². The van der Waals surface area contributed by atoms with Gasteiger partial charge in [0, 0.05) is 12.6 Å². The third-order valence-corrected chi connectivity index (χ3v) is 5.58. The zero-order chi connectivity index (χ0) is 18.1. The van der Waals surface area contributed by atoms with E-state index in [9.17, 15) is 18.3 Å². The van der Waals surface area contributed by atoms with Crippen molar-refractivity contribution in [3.63, 3.8) is 0 Å². The third kappa shape index (κ3) is 3.21. The maximum atomic E-state index is 12.8. The Morgan fingerprint density at radius 3 is 2.21 bits per heavy atom. The molecule has 0 unspecified atom stereocenters. The van der Waals surface area contributed by atoms with Crippen molar-refractivity contribution in [3.8, 4) is 11.5 Å². The summed E-state index contributed by atoms with van der Waals surface area (Å²) in [4.78, 5) is 11.1. The molecule has 1 amide bonds. The first-order valence-electron chi connectivity index (χ1n) is 7.18. The molecule has 0 bridgehead atoms. The van der Waals surface area contributed by atoms with Crippen molar-refractivity contribution in [2.75, 3.05) is 12.4 Å². The summed E-state index contributed by atoms with van der Waals surface area (Å²) in [6, 6.07) is 7.14. The minimum atomic E-state index is -3.95. The average molecular weight is 349 g/mol. The second-order valence-electron chi connectivity index (χ2n) is 5.38. The van der Waals surface area contributed by atoms with Crippen LogP contribution in [0.4, 0.5) is 5.69 Å². The second-order valence-corrected chi connectivity index (χ2v) is 7.30. The number of hydrogen-bond donors (Lipinski definition) is 2. The average Bonchev–Trinajstić information content (AvgIpc) is 2.54. The first kappa shape index (κ1) is 17.8. The monoisotopic (exact) mass is 349 g/mol. The van der Waals surface area contributed by atoms with E-state index in [2.05, 4.69) is 5.32 Å². The Morgan fingerprint density at radius 2 is 1.71 bits per heavy atom. The number of hydrogen-bond acceptors (Lipinski definition) is 5. The number of phenolic OH excluding ortho intramolecular Hbond substituents is 1. The summed E-state index contributed by atoms with van der Waals surface area (Å²) in [7, 11) is -2.46. The van der Waals surface area contributed by atoms with Gasteiger partial charge in [-0.25, -0.2) is 8.42 Å². The first-order valence-corrected chi connectivity index (χ1v) is 8.66. The number of sulfone groups is 1. The molecule has 0 radical (unpaired) electrons. The smallest absolute Gasteiger partial charge is 0.221 e. The fraction of sp³-hybridized carbons (Fsp3) is 0.235. The van der Waals surface area contributed by atoms with Crippen molar-refractivity contribution in [1.29, 1.82) is 0 Å². The molecule has 2 rings (SSSR count). The van der Waals surface area contributed by atoms with Crippen LogP contribution >= 0.6 is 0 Å². The quantitative estimate of drug-likeness (QED) is 0.828. The van der Waals surface area contributed by atoms with Gasteiger partial charge in [0.2, 0.25) is 15.7 Å². The standard InChI is InChI=1S/C17H19NO5S/c1-10-11(2)17(20)16(9-15(10)18-12(3)19)24(21,22)14-7-5-13(23-4)6-8-14/h5-9,20H,1-4H3,(H,18,19). The topological polar surface area (TPSA) is 92.7 Å². The number of methoxy groups -OCH3 is 1. The Kier molecular flexibility index (Phi) is 4.84. The molecule has 6 nitrogen and oxygen atoms in total. The molecular formula is C17H19NO5S. The van der Waals surface area contributed by atoms with E-state index in [1.165, 1.54) is 44.4 Å². The van der Waals surface area contributed by atoms with E-state index in [0.717, 1.165) is 0 Å². The summed E-state index contributed by atoms with van der Waals surface area (Å²) < 4.78 is 30.7. The first-order chi connectivity index (χ1) is 11.2. The van der Waals surface area contributed by atoms with Gasteiger partial charge in [-0.15, -0.1) is 0 Å². The lowest BCUT2D eigenvalue weighted by Crippen LogP contribution is -2.10. The fourth-order valence-electron chi connectivity index (χ4n) is 2.28. The fourth-order valence-corrected chi connectivity index (χ4v) is 3.71. The van der Waals surface area contributed by atoms with Crippen LogP contribution in [0.5, 0.6) is 11.5 Å². The SMILES string of the molecule is COc1ccc(S(=O)(=O)c2cc(NC(C)=O)c(C)c(C)c2O)cc1. The molecule has 0 saturated heterocycles. The molecule has 0 spiro atoms. The van der Waals surface area contributed by atoms with E-state index in [0.29, 0.717) is 22.6 Å². The van der Waals surface area contributed by atoms with Gasteiger partial charge in [0.05, 0.1) is 12.0 Å². The van der Waals surface area contributed by atoms with Crippen molar-refractivity contribution in [1.82, 2.24) is 0 Å². The van der Waals surface area contributed by atoms with Gasteiger partial charge >= 0.3 is 0 Å². The molecule has 2 N–H and O–H groups in total. The van der Waals surface area contributed by atoms with Crippen LogP contribution in [0.15, 0.2) is 40.1 Å². The van der Waals surface area contributed by atoms with Crippen LogP contribution in [0.1, 0.15) is 18.1 Å². The van der Waals surface area contributed by atoms with Crippen LogP contribution in [0.2, 0.25) is 0 Å². The van der Waals surface area contributed by atoms with Crippen molar-refractivity contribution < 1.29 is 23.1 Å². The summed E-state index contributed by atoms with van der Waals surface area (Å²) in [5.41, 5.74) is 1.36. The van der Waals surface area contributed by atoms with Crippen LogP contribution in [0.25, 0.3) is 0 Å². The minimum absolute atomic E-state index is 0.0237. The van der Waals surface area contributed by atoms with Crippen LogP contribution in [0.3, 0.4) is 0 Å². The van der Waals surface area contributed by atoms with E-state index >= 15 is 0 Å². The van der Waals surface area contributed by atoms with Gasteiger partial charge < -0.3 is 15.2 Å². The molecular weight excluding hydrogens is 330 g/mol. The highest BCUT2D eigenvalue weighted by molar-refractivity contribution is 7.91. The minimum Gasteiger partial charge on any atom is -0.506 e. The van der Waals surface area contributed by atoms with Gasteiger partial charge in [-0.1, -0.05) is 0 Å². The zero-order valence-corrected chi connectivity index (χ0v) is 14.7. The number of carbonyl (C=O) groups excluding carboxylic acids is 1. The Labute approximate surface area is 141 Å². The number of rotatable bonds is 4. The van der Waals surface area contributed by atoms with Crippen LogP contribution in [0, 0.1) is 13.8 Å². The number of phenols is 1. The molecule has 0 aliphatic heterocycles. The van der Waals surface area contributed by atoms with E-state index in [1.54, 1.807) is 13.8 Å². The van der Waals surface area contributed by atoms with Gasteiger partial charge in [0.15, 0.2) is 0 Å². The molecule has 128 valence electrons. The van der Waals surface area contributed by atoms with Crippen molar-refractivity contribution in [2.45, 2.75) is 30.6 Å². The maximum absolute atomic E-state index is 12.8. The molecule has 0 aliphatic rings. The summed E-state index contributed by atoms with van der Waals surface area (Å²) >= 11 is 0. The largest absolute Gasteiger partial charge is 0.506 e. The lowest BCUT2D eigenvalue weighted by atomic mass is 10.1. The Hall–Kier alpha value is -2.54. The van der Waals surface area contributed by atoms with Crippen molar-refractivity contribution in [2.24, 2.45) is 0 Å². The van der Waals surface area contributed by atoms with Gasteiger partial charge in [0.1, 0.15) is 16.4 Å². The van der Waals surface area contributed by atoms with E-state index in [-0.39, 0.29) is 21.4 Å². The zero-order valence-electron chi connectivity index (χ0n) is 13.9. The number of carbonyl (C=O) groups is 1. The highest BCUT2D eigenvalue weighted by Gasteiger charge is 2.25. The molecule has 7 heteroatoms. The Bertz CT molecular complexity index is 886. The number of aromatic hydroxyl groups is 1. The van der Waals surface area contributed by atoms with E-state index in [1.807, 2.05) is 0 Å². The predicted octanol–water partition coefficient (Wildman–Crippen LogP) is 2.81. The lowest BCUT2D eigenvalue weighted by Gasteiger charge is -2.15. The molecule has 0 aliphatic carbocycles. The number of anilines is 1. The highest BCUT2D eigenvalue weighted by atomic mass is 32.2. The Morgan fingerprint density at radius 1 is 1.12 bits per heavy atom. The molecule has 0 fully saturated rings. The van der Waals surface area contributed by atoms with Crippen LogP contribution in [-0.4, -0.2) is 26.5 Å². The molecule has 0 heterocycles. The third-order valence-electron chi connectivity index (χ3n) is 3.80. The lowest BCUT2D eigenvalue weighted by molar-refractivity contribution is -0.114. The van der Waals surface area contributed by atoms with Gasteiger partial charge in [-0.2, -0.15) is 0 Å². The molecule has 2 aromatic carbocycles. The van der Waals surface area contributed by atoms with E-state index in [4.69, 9.17) is 4.74 Å². The summed E-state index contributed by atoms with van der Waals surface area (Å²) in [5.74, 6) is -0.120. The Balaban J connectivity index is 2.64. The number of ether oxygens (including phenoxy) is 1. The molecule has 24 heavy (non-hydrogen) atoms. The predicted molar refractivity (Wildman–Crippen MR) is 90.3 cm³/mol. The van der Waals surface area contributed by atoms with Crippen molar-refractivity contribution >= 4 is 21.4 Å². The maximum Gasteiger partial charge on any atom is 0.221 e. The summed E-state index contributed by atoms with van der Waals surface area (Å²) in [5, 5.41) is 12.9. The van der Waals surface area contributed by atoms with Crippen molar-refractivity contribution in [3.05, 3.63) is 41.5 Å². The summed E-state index contributed by atoms with van der Waals surface area (Å²) in [6.45, 7) is 4.63. The van der Waals surface area contributed by atoms with Gasteiger partial charge in [-0.3, -0.25) is 4.79 Å². The number of nitrogens with one attached hydrogen (secondary N) is 1.